The van der Waals surface area contributed by atoms with Crippen molar-refractivity contribution in [1.82, 2.24) is 49.8 Å². The highest BCUT2D eigenvalue weighted by molar-refractivity contribution is 6.03. The van der Waals surface area contributed by atoms with Gasteiger partial charge in [0.2, 0.25) is 11.8 Å². The maximum atomic E-state index is 13.8. The number of H-pyrrole nitrogens is 2. The third-order valence-electron chi connectivity index (χ3n) is 12.1. The van der Waals surface area contributed by atoms with E-state index in [4.69, 9.17) is 24.4 Å². The number of carbonyl (C=O) groups excluding carboxylic acids is 4. The number of benzene rings is 2. The van der Waals surface area contributed by atoms with Crippen LogP contribution in [0.4, 0.5) is 9.59 Å². The number of aromatic amines is 2. The number of nitrogens with one attached hydrogen (secondary N) is 4. The predicted octanol–water partition coefficient (Wildman–Crippen LogP) is 7.21. The molecule has 6 aromatic rings. The first-order valence-electron chi connectivity index (χ1n) is 21.2. The molecule has 2 fully saturated rings. The Morgan fingerprint density at radius 3 is 1.89 bits per heavy atom. The number of aromatic nitrogens is 6. The average Bonchev–Trinajstić information content (AvgIpc) is 4.09. The lowest BCUT2D eigenvalue weighted by atomic mass is 10.0. The van der Waals surface area contributed by atoms with Crippen molar-refractivity contribution in [2.24, 2.45) is 11.8 Å². The van der Waals surface area contributed by atoms with E-state index in [1.165, 1.54) is 7.11 Å². The van der Waals surface area contributed by atoms with Crippen molar-refractivity contribution in [3.63, 3.8) is 0 Å². The highest BCUT2D eigenvalue weighted by atomic mass is 16.5. The molecule has 2 aromatic carbocycles. The SMILES string of the molecule is CCOC(=O)N[C@H](C(=O)N1CCC[C@H]1c1ncc(-c2ccc3c(c2)cc2c4ccc(-c5cnc([C@H]6CCCN6C(=O)[C@@H](NC(=O)OC)C(C)C)[nH]5)cc4nc(C)n32)[nH]1)C(C)C. The number of hydrogen-bond donors (Lipinski definition) is 4. The molecule has 2 saturated heterocycles. The maximum Gasteiger partial charge on any atom is 0.407 e. The van der Waals surface area contributed by atoms with Crippen molar-refractivity contribution in [2.75, 3.05) is 26.8 Å². The molecular weight excluding hydrogens is 777 g/mol. The first kappa shape index (κ1) is 41.3. The van der Waals surface area contributed by atoms with Crippen LogP contribution in [0.2, 0.25) is 0 Å². The molecule has 2 aliphatic heterocycles. The van der Waals surface area contributed by atoms with E-state index >= 15 is 0 Å². The molecule has 16 nitrogen and oxygen atoms in total. The zero-order valence-corrected chi connectivity index (χ0v) is 35.7. The van der Waals surface area contributed by atoms with Gasteiger partial charge in [-0.1, -0.05) is 45.9 Å². The van der Waals surface area contributed by atoms with E-state index < -0.39 is 24.3 Å². The van der Waals surface area contributed by atoms with Gasteiger partial charge in [0.15, 0.2) is 0 Å². The van der Waals surface area contributed by atoms with Crippen LogP contribution in [-0.2, 0) is 19.1 Å². The molecule has 0 unspecified atom stereocenters. The summed E-state index contributed by atoms with van der Waals surface area (Å²) in [6.45, 7) is 12.8. The van der Waals surface area contributed by atoms with Crippen LogP contribution in [-0.4, -0.2) is 102 Å². The molecule has 320 valence electrons. The lowest BCUT2D eigenvalue weighted by Crippen LogP contribution is -2.51. The van der Waals surface area contributed by atoms with Gasteiger partial charge in [-0.25, -0.2) is 24.5 Å². The van der Waals surface area contributed by atoms with Crippen molar-refractivity contribution in [3.05, 3.63) is 72.3 Å². The van der Waals surface area contributed by atoms with Crippen LogP contribution in [0.3, 0.4) is 0 Å². The van der Waals surface area contributed by atoms with Gasteiger partial charge in [-0.2, -0.15) is 0 Å². The Kier molecular flexibility index (Phi) is 11.4. The van der Waals surface area contributed by atoms with Gasteiger partial charge in [0.25, 0.3) is 0 Å². The summed E-state index contributed by atoms with van der Waals surface area (Å²) in [5, 5.41) is 7.52. The van der Waals surface area contributed by atoms with Gasteiger partial charge in [0.05, 0.1) is 66.1 Å². The fraction of sp³-hybridized carbons (Fsp3) is 0.444. The minimum atomic E-state index is -0.705. The number of aryl methyl sites for hydroxylation is 1. The summed E-state index contributed by atoms with van der Waals surface area (Å²) in [6.07, 6.45) is 5.60. The van der Waals surface area contributed by atoms with Gasteiger partial charge in [-0.05, 0) is 75.6 Å². The monoisotopic (exact) mass is 830 g/mol. The van der Waals surface area contributed by atoms with Crippen molar-refractivity contribution in [3.8, 4) is 22.5 Å². The molecule has 0 radical (unpaired) electrons. The summed E-state index contributed by atoms with van der Waals surface area (Å²) >= 11 is 0. The summed E-state index contributed by atoms with van der Waals surface area (Å²) < 4.78 is 12.0. The number of fused-ring (bicyclic) bond motifs is 5. The molecule has 0 spiro atoms. The summed E-state index contributed by atoms with van der Waals surface area (Å²) in [5.41, 5.74) is 6.49. The number of alkyl carbamates (subject to hydrolysis) is 2. The molecule has 61 heavy (non-hydrogen) atoms. The van der Waals surface area contributed by atoms with Crippen LogP contribution in [0.15, 0.2) is 54.9 Å². The van der Waals surface area contributed by atoms with E-state index in [0.717, 1.165) is 87.2 Å². The van der Waals surface area contributed by atoms with Gasteiger partial charge in [0.1, 0.15) is 29.6 Å². The van der Waals surface area contributed by atoms with Gasteiger partial charge < -0.3 is 39.9 Å². The van der Waals surface area contributed by atoms with E-state index in [1.54, 1.807) is 13.1 Å². The first-order chi connectivity index (χ1) is 29.4. The Morgan fingerprint density at radius 2 is 1.33 bits per heavy atom. The van der Waals surface area contributed by atoms with E-state index in [9.17, 15) is 19.2 Å². The average molecular weight is 831 g/mol. The number of hydrogen-bond acceptors (Lipinski definition) is 9. The lowest BCUT2D eigenvalue weighted by molar-refractivity contribution is -0.136. The fourth-order valence-corrected chi connectivity index (χ4v) is 8.97. The zero-order chi connectivity index (χ0) is 43.1. The van der Waals surface area contributed by atoms with E-state index in [1.807, 2.05) is 50.6 Å². The quantitative estimate of drug-likeness (QED) is 0.105. The summed E-state index contributed by atoms with van der Waals surface area (Å²) in [7, 11) is 1.29. The third kappa shape index (κ3) is 7.86. The predicted molar refractivity (Wildman–Crippen MR) is 230 cm³/mol. The van der Waals surface area contributed by atoms with E-state index in [2.05, 4.69) is 67.5 Å². The second-order valence-electron chi connectivity index (χ2n) is 16.7. The molecule has 4 aromatic heterocycles. The zero-order valence-electron chi connectivity index (χ0n) is 35.7. The fourth-order valence-electron chi connectivity index (χ4n) is 8.97. The normalized spacial score (nSPS) is 17.8. The summed E-state index contributed by atoms with van der Waals surface area (Å²) in [6, 6.07) is 12.8. The largest absolute Gasteiger partial charge is 0.453 e. The number of rotatable bonds is 11. The number of likely N-dealkylation sites (tertiary alicyclic amines) is 2. The maximum absolute atomic E-state index is 13.8. The van der Waals surface area contributed by atoms with Crippen molar-refractivity contribution in [2.45, 2.75) is 91.4 Å². The number of nitrogens with zero attached hydrogens (tertiary/aromatic N) is 6. The van der Waals surface area contributed by atoms with Gasteiger partial charge in [0, 0.05) is 35.0 Å². The number of methoxy groups -OCH3 is 1. The number of imidazole rings is 2. The van der Waals surface area contributed by atoms with Gasteiger partial charge in [-0.15, -0.1) is 0 Å². The van der Waals surface area contributed by atoms with E-state index in [-0.39, 0.29) is 42.3 Å². The Labute approximate surface area is 353 Å². The summed E-state index contributed by atoms with van der Waals surface area (Å²) in [4.78, 5) is 76.9. The van der Waals surface area contributed by atoms with Crippen molar-refractivity contribution in [1.29, 1.82) is 0 Å². The van der Waals surface area contributed by atoms with Crippen molar-refractivity contribution >= 4 is 51.3 Å². The van der Waals surface area contributed by atoms with Crippen LogP contribution in [0.1, 0.15) is 89.9 Å². The second-order valence-corrected chi connectivity index (χ2v) is 16.7. The Balaban J connectivity index is 1.03. The van der Waals surface area contributed by atoms with Crippen molar-refractivity contribution < 1.29 is 28.7 Å². The molecule has 4 atom stereocenters. The van der Waals surface area contributed by atoms with Gasteiger partial charge >= 0.3 is 12.2 Å². The Hall–Kier alpha value is -6.45. The topological polar surface area (TPSA) is 192 Å². The van der Waals surface area contributed by atoms with Crippen LogP contribution < -0.4 is 10.6 Å². The van der Waals surface area contributed by atoms with Crippen LogP contribution in [0.5, 0.6) is 0 Å². The molecule has 8 rings (SSSR count). The highest BCUT2D eigenvalue weighted by Crippen LogP contribution is 2.36. The third-order valence-corrected chi connectivity index (χ3v) is 12.1. The number of ether oxygens (including phenoxy) is 2. The molecular formula is C45H54N10O6. The van der Waals surface area contributed by atoms with Crippen LogP contribution >= 0.6 is 0 Å². The molecule has 6 heterocycles. The molecule has 4 amide bonds. The first-order valence-corrected chi connectivity index (χ1v) is 21.2. The molecule has 0 aliphatic carbocycles. The van der Waals surface area contributed by atoms with Crippen LogP contribution in [0.25, 0.3) is 49.8 Å². The molecule has 16 heteroatoms. The summed E-state index contributed by atoms with van der Waals surface area (Å²) in [5.74, 6) is 1.74. The minimum Gasteiger partial charge on any atom is -0.453 e. The Bertz CT molecular complexity index is 2630. The standard InChI is InChI=1S/C45H54N10O6/c1-8-61-45(59)52-39(25(4)5)43(57)54-18-10-11-35(54)40-46-22-32(49-40)27-14-16-34-29(19-27)21-37-30-15-13-28(20-31(30)48-26(6)55(34)37)33-23-47-41(50-33)36-12-9-17-53(36)42(56)38(24(2)3)51-44(58)60-7/h13-16,19-25,35-36,38-39H,8-12,17-18H2,1-7H3,(H,46,49)(H,47,50)(H,51,58)(H,52,59)/t35-,36+,38-,39-/m0/s1. The smallest absolute Gasteiger partial charge is 0.407 e. The second kappa shape index (κ2) is 16.9. The molecule has 0 bridgehead atoms. The Morgan fingerprint density at radius 1 is 0.770 bits per heavy atom. The van der Waals surface area contributed by atoms with E-state index in [0.29, 0.717) is 18.9 Å². The molecule has 2 aliphatic rings. The molecule has 4 N–H and O–H groups in total. The highest BCUT2D eigenvalue weighted by Gasteiger charge is 2.39. The number of amides is 4. The lowest BCUT2D eigenvalue weighted by Gasteiger charge is -2.30. The number of carbonyl (C=O) groups is 4. The molecule has 0 saturated carbocycles. The van der Waals surface area contributed by atoms with Gasteiger partial charge in [-0.3, -0.25) is 14.0 Å². The minimum absolute atomic E-state index is 0.117. The van der Waals surface area contributed by atoms with Crippen LogP contribution in [0, 0.1) is 18.8 Å².